The van der Waals surface area contributed by atoms with E-state index in [0.29, 0.717) is 0 Å². The number of sulfonamides is 1. The summed E-state index contributed by atoms with van der Waals surface area (Å²) in [6.07, 6.45) is 0. The van der Waals surface area contributed by atoms with Crippen LogP contribution in [0, 0.1) is 0 Å². The number of nitrogens with one attached hydrogen (secondary N) is 3. The molecule has 0 aromatic heterocycles. The van der Waals surface area contributed by atoms with Gasteiger partial charge in [0.25, 0.3) is 0 Å². The van der Waals surface area contributed by atoms with Crippen LogP contribution in [0.1, 0.15) is 25.5 Å². The quantitative estimate of drug-likeness (QED) is 0.517. The van der Waals surface area contributed by atoms with Crippen molar-refractivity contribution in [2.24, 2.45) is 5.73 Å². The van der Waals surface area contributed by atoms with Crippen molar-refractivity contribution < 1.29 is 13.2 Å². The van der Waals surface area contributed by atoms with Crippen LogP contribution in [0.15, 0.2) is 29.2 Å². The zero-order valence-electron chi connectivity index (χ0n) is 12.2. The number of carbonyl (C=O) groups is 1. The predicted octanol–water partition coefficient (Wildman–Crippen LogP) is 0.304. The maximum atomic E-state index is 12.1. The standard InChI is InChI=1S/C13H22N4O3S/c1-3-15-10(2)11-5-4-6-12(9-11)21(19,20)17-8-7-16-13(14)18/h4-6,9-10,15,17H,3,7-8H2,1-2H3,(H3,14,16,18). The summed E-state index contributed by atoms with van der Waals surface area (Å²) in [6.45, 7) is 4.99. The van der Waals surface area contributed by atoms with Gasteiger partial charge < -0.3 is 16.4 Å². The first-order valence-corrected chi connectivity index (χ1v) is 8.21. The van der Waals surface area contributed by atoms with Crippen molar-refractivity contribution in [2.75, 3.05) is 19.6 Å². The molecule has 1 aromatic carbocycles. The molecule has 0 radical (unpaired) electrons. The fraction of sp³-hybridized carbons (Fsp3) is 0.462. The number of hydrogen-bond acceptors (Lipinski definition) is 4. The molecular formula is C13H22N4O3S. The maximum absolute atomic E-state index is 12.1. The van der Waals surface area contributed by atoms with E-state index in [4.69, 9.17) is 5.73 Å². The van der Waals surface area contributed by atoms with E-state index in [1.54, 1.807) is 12.1 Å². The minimum absolute atomic E-state index is 0.0710. The van der Waals surface area contributed by atoms with E-state index in [0.717, 1.165) is 12.1 Å². The van der Waals surface area contributed by atoms with Gasteiger partial charge >= 0.3 is 6.03 Å². The first kappa shape index (κ1) is 17.4. The highest BCUT2D eigenvalue weighted by atomic mass is 32.2. The van der Waals surface area contributed by atoms with Crippen LogP contribution in [0.25, 0.3) is 0 Å². The lowest BCUT2D eigenvalue weighted by Gasteiger charge is -2.14. The van der Waals surface area contributed by atoms with Crippen molar-refractivity contribution in [3.05, 3.63) is 29.8 Å². The van der Waals surface area contributed by atoms with Crippen LogP contribution < -0.4 is 21.1 Å². The minimum Gasteiger partial charge on any atom is -0.352 e. The zero-order valence-corrected chi connectivity index (χ0v) is 13.0. The number of nitrogens with two attached hydrogens (primary N) is 1. The molecule has 0 aliphatic heterocycles. The average Bonchev–Trinajstić information content (AvgIpc) is 2.44. The summed E-state index contributed by atoms with van der Waals surface area (Å²) in [5, 5.41) is 5.55. The summed E-state index contributed by atoms with van der Waals surface area (Å²) in [4.78, 5) is 10.7. The zero-order chi connectivity index (χ0) is 15.9. The summed E-state index contributed by atoms with van der Waals surface area (Å²) in [5.74, 6) is 0. The smallest absolute Gasteiger partial charge is 0.312 e. The summed E-state index contributed by atoms with van der Waals surface area (Å²) in [6, 6.07) is 6.14. The summed E-state index contributed by atoms with van der Waals surface area (Å²) in [5.41, 5.74) is 5.80. The molecule has 7 nitrogen and oxygen atoms in total. The number of urea groups is 1. The molecule has 1 rings (SSSR count). The minimum atomic E-state index is -3.60. The molecule has 1 atom stereocenters. The van der Waals surface area contributed by atoms with Crippen LogP contribution in [0.5, 0.6) is 0 Å². The van der Waals surface area contributed by atoms with Crippen LogP contribution in [0.2, 0.25) is 0 Å². The number of hydrogen-bond donors (Lipinski definition) is 4. The SMILES string of the molecule is CCNC(C)c1cccc(S(=O)(=O)NCCNC(N)=O)c1. The van der Waals surface area contributed by atoms with Gasteiger partial charge in [-0.2, -0.15) is 0 Å². The predicted molar refractivity (Wildman–Crippen MR) is 81.3 cm³/mol. The Morgan fingerprint density at radius 3 is 2.67 bits per heavy atom. The molecule has 0 saturated heterocycles. The van der Waals surface area contributed by atoms with Crippen molar-refractivity contribution >= 4 is 16.1 Å². The lowest BCUT2D eigenvalue weighted by atomic mass is 10.1. The third-order valence-corrected chi connectivity index (χ3v) is 4.35. The summed E-state index contributed by atoms with van der Waals surface area (Å²) >= 11 is 0. The largest absolute Gasteiger partial charge is 0.352 e. The second-order valence-electron chi connectivity index (χ2n) is 4.54. The highest BCUT2D eigenvalue weighted by Gasteiger charge is 2.15. The van der Waals surface area contributed by atoms with Gasteiger partial charge in [-0.05, 0) is 31.2 Å². The number of carbonyl (C=O) groups excluding carboxylic acids is 1. The number of benzene rings is 1. The molecule has 0 saturated carbocycles. The van der Waals surface area contributed by atoms with Crippen LogP contribution in [0.3, 0.4) is 0 Å². The Labute approximate surface area is 125 Å². The molecule has 0 aliphatic rings. The van der Waals surface area contributed by atoms with Crippen LogP contribution in [-0.4, -0.2) is 34.1 Å². The van der Waals surface area contributed by atoms with E-state index >= 15 is 0 Å². The Morgan fingerprint density at radius 1 is 1.33 bits per heavy atom. The number of rotatable bonds is 8. The molecule has 0 bridgehead atoms. The van der Waals surface area contributed by atoms with Gasteiger partial charge in [0.1, 0.15) is 0 Å². The topological polar surface area (TPSA) is 113 Å². The normalized spacial score (nSPS) is 12.9. The molecule has 5 N–H and O–H groups in total. The van der Waals surface area contributed by atoms with Gasteiger partial charge in [-0.25, -0.2) is 17.9 Å². The Hall–Kier alpha value is -1.64. The van der Waals surface area contributed by atoms with E-state index in [2.05, 4.69) is 15.4 Å². The van der Waals surface area contributed by atoms with Crippen LogP contribution in [0.4, 0.5) is 4.79 Å². The molecule has 118 valence electrons. The van der Waals surface area contributed by atoms with Crippen molar-refractivity contribution in [3.63, 3.8) is 0 Å². The van der Waals surface area contributed by atoms with Crippen molar-refractivity contribution in [2.45, 2.75) is 24.8 Å². The average molecular weight is 314 g/mol. The fourth-order valence-electron chi connectivity index (χ4n) is 1.83. The van der Waals surface area contributed by atoms with E-state index < -0.39 is 16.1 Å². The highest BCUT2D eigenvalue weighted by molar-refractivity contribution is 7.89. The van der Waals surface area contributed by atoms with E-state index in [1.165, 1.54) is 6.07 Å². The number of primary amides is 1. The Balaban J connectivity index is 2.74. The molecule has 0 fully saturated rings. The van der Waals surface area contributed by atoms with Gasteiger partial charge in [0, 0.05) is 19.1 Å². The molecule has 21 heavy (non-hydrogen) atoms. The molecule has 0 spiro atoms. The molecule has 0 heterocycles. The second kappa shape index (κ2) is 7.96. The molecule has 8 heteroatoms. The third-order valence-electron chi connectivity index (χ3n) is 2.90. The third kappa shape index (κ3) is 5.70. The monoisotopic (exact) mass is 314 g/mol. The van der Waals surface area contributed by atoms with E-state index in [1.807, 2.05) is 19.9 Å². The van der Waals surface area contributed by atoms with Gasteiger partial charge in [-0.15, -0.1) is 0 Å². The maximum Gasteiger partial charge on any atom is 0.312 e. The van der Waals surface area contributed by atoms with Gasteiger partial charge in [0.2, 0.25) is 10.0 Å². The lowest BCUT2D eigenvalue weighted by molar-refractivity contribution is 0.249. The number of amides is 2. The van der Waals surface area contributed by atoms with Crippen LogP contribution >= 0.6 is 0 Å². The second-order valence-corrected chi connectivity index (χ2v) is 6.31. The van der Waals surface area contributed by atoms with Crippen LogP contribution in [-0.2, 0) is 10.0 Å². The molecule has 1 unspecified atom stereocenters. The first-order chi connectivity index (χ1) is 9.86. The Morgan fingerprint density at radius 2 is 2.05 bits per heavy atom. The van der Waals surface area contributed by atoms with E-state index in [-0.39, 0.29) is 24.0 Å². The molecule has 2 amide bonds. The Bertz CT molecular complexity index is 575. The summed E-state index contributed by atoms with van der Waals surface area (Å²) in [7, 11) is -3.60. The lowest BCUT2D eigenvalue weighted by Crippen LogP contribution is -2.37. The molecule has 0 aliphatic carbocycles. The Kier molecular flexibility index (Phi) is 6.60. The van der Waals surface area contributed by atoms with Gasteiger partial charge in [0.05, 0.1) is 4.90 Å². The molecule has 1 aromatic rings. The van der Waals surface area contributed by atoms with Gasteiger partial charge in [0.15, 0.2) is 0 Å². The van der Waals surface area contributed by atoms with Crippen molar-refractivity contribution in [1.82, 2.24) is 15.4 Å². The van der Waals surface area contributed by atoms with Gasteiger partial charge in [-0.1, -0.05) is 19.1 Å². The van der Waals surface area contributed by atoms with Crippen molar-refractivity contribution in [1.29, 1.82) is 0 Å². The fourth-order valence-corrected chi connectivity index (χ4v) is 2.92. The highest BCUT2D eigenvalue weighted by Crippen LogP contribution is 2.17. The van der Waals surface area contributed by atoms with Gasteiger partial charge in [-0.3, -0.25) is 0 Å². The van der Waals surface area contributed by atoms with Crippen molar-refractivity contribution in [3.8, 4) is 0 Å². The summed E-state index contributed by atoms with van der Waals surface area (Å²) < 4.78 is 26.7. The molecular weight excluding hydrogens is 292 g/mol. The van der Waals surface area contributed by atoms with E-state index in [9.17, 15) is 13.2 Å². The first-order valence-electron chi connectivity index (χ1n) is 6.73.